The molecule has 1 atom stereocenters. The second-order valence-corrected chi connectivity index (χ2v) is 5.52. The molecule has 0 radical (unpaired) electrons. The first kappa shape index (κ1) is 15.3. The highest BCUT2D eigenvalue weighted by atomic mass is 19.3. The normalized spacial score (nSPS) is 21.0. The average Bonchev–Trinajstić information content (AvgIpc) is 2.71. The molecule has 0 aromatic heterocycles. The van der Waals surface area contributed by atoms with Gasteiger partial charge in [-0.1, -0.05) is 0 Å². The number of halogens is 2. The maximum atomic E-state index is 13.2. The Bertz CT molecular complexity index is 760. The van der Waals surface area contributed by atoms with Crippen molar-refractivity contribution >= 4 is 23.6 Å². The zero-order valence-electron chi connectivity index (χ0n) is 12.1. The molecule has 2 heterocycles. The van der Waals surface area contributed by atoms with Gasteiger partial charge >= 0.3 is 0 Å². The molecule has 1 aromatic rings. The Morgan fingerprint density at radius 1 is 1.17 bits per heavy atom. The van der Waals surface area contributed by atoms with E-state index in [1.165, 1.54) is 6.07 Å². The van der Waals surface area contributed by atoms with Gasteiger partial charge in [-0.3, -0.25) is 29.4 Å². The number of alkyl halides is 2. The second kappa shape index (κ2) is 5.22. The van der Waals surface area contributed by atoms with Crippen LogP contribution in [0.25, 0.3) is 0 Å². The molecular formula is C15H12F2N2O4. The van der Waals surface area contributed by atoms with Gasteiger partial charge in [-0.2, -0.15) is 0 Å². The number of nitrogens with one attached hydrogen (secondary N) is 1. The Kier molecular flexibility index (Phi) is 3.46. The molecule has 1 N–H and O–H groups in total. The van der Waals surface area contributed by atoms with Crippen LogP contribution in [-0.4, -0.2) is 34.6 Å². The van der Waals surface area contributed by atoms with Crippen LogP contribution >= 0.6 is 0 Å². The maximum Gasteiger partial charge on any atom is 0.264 e. The second-order valence-electron chi connectivity index (χ2n) is 5.52. The molecule has 1 saturated heterocycles. The highest BCUT2D eigenvalue weighted by molar-refractivity contribution is 6.24. The fourth-order valence-corrected chi connectivity index (χ4v) is 2.95. The summed E-state index contributed by atoms with van der Waals surface area (Å²) < 4.78 is 26.4. The highest BCUT2D eigenvalue weighted by Gasteiger charge is 2.46. The van der Waals surface area contributed by atoms with Crippen molar-refractivity contribution < 1.29 is 28.0 Å². The Morgan fingerprint density at radius 2 is 1.87 bits per heavy atom. The van der Waals surface area contributed by atoms with Crippen molar-refractivity contribution in [3.8, 4) is 0 Å². The van der Waals surface area contributed by atoms with Crippen LogP contribution in [0.2, 0.25) is 0 Å². The highest BCUT2D eigenvalue weighted by Crippen LogP contribution is 2.35. The molecule has 4 amide bonds. The third-order valence-electron chi connectivity index (χ3n) is 3.95. The molecule has 1 fully saturated rings. The van der Waals surface area contributed by atoms with Crippen molar-refractivity contribution in [2.45, 2.75) is 32.2 Å². The number of fused-ring (bicyclic) bond motifs is 1. The Labute approximate surface area is 129 Å². The Morgan fingerprint density at radius 3 is 2.48 bits per heavy atom. The summed E-state index contributed by atoms with van der Waals surface area (Å²) in [6.07, 6.45) is -2.95. The van der Waals surface area contributed by atoms with E-state index in [2.05, 4.69) is 5.32 Å². The number of hydrogen-bond acceptors (Lipinski definition) is 4. The van der Waals surface area contributed by atoms with E-state index in [-0.39, 0.29) is 24.0 Å². The molecule has 0 bridgehead atoms. The number of benzene rings is 1. The van der Waals surface area contributed by atoms with Crippen molar-refractivity contribution in [3.63, 3.8) is 0 Å². The lowest BCUT2D eigenvalue weighted by Gasteiger charge is -2.27. The molecule has 1 unspecified atom stereocenters. The summed E-state index contributed by atoms with van der Waals surface area (Å²) in [4.78, 5) is 48.7. The standard InChI is InChI=1S/C15H12F2N2O4/c1-6-4-7(12(16)17)11-8(5-6)14(22)19(15(11)23)9-2-3-10(20)18-13(9)21/h4-5,9,12H,2-3H2,1H3,(H,18,20,21). The van der Waals surface area contributed by atoms with Crippen LogP contribution in [0.5, 0.6) is 0 Å². The fourth-order valence-electron chi connectivity index (χ4n) is 2.95. The Balaban J connectivity index is 2.06. The third-order valence-corrected chi connectivity index (χ3v) is 3.95. The van der Waals surface area contributed by atoms with Crippen LogP contribution in [0.1, 0.15) is 51.1 Å². The minimum atomic E-state index is -2.91. The van der Waals surface area contributed by atoms with Gasteiger partial charge in [0.25, 0.3) is 18.2 Å². The molecule has 120 valence electrons. The van der Waals surface area contributed by atoms with Crippen LogP contribution in [0.3, 0.4) is 0 Å². The molecular weight excluding hydrogens is 310 g/mol. The molecule has 3 rings (SSSR count). The van der Waals surface area contributed by atoms with Crippen molar-refractivity contribution in [1.29, 1.82) is 0 Å². The summed E-state index contributed by atoms with van der Waals surface area (Å²) in [5.74, 6) is -2.97. The van der Waals surface area contributed by atoms with Crippen LogP contribution in [0, 0.1) is 6.92 Å². The summed E-state index contributed by atoms with van der Waals surface area (Å²) >= 11 is 0. The topological polar surface area (TPSA) is 83.6 Å². The number of imide groups is 2. The lowest BCUT2D eigenvalue weighted by atomic mass is 10.00. The van der Waals surface area contributed by atoms with Gasteiger partial charge in [-0.05, 0) is 31.0 Å². The minimum absolute atomic E-state index is 0.0148. The molecule has 23 heavy (non-hydrogen) atoms. The van der Waals surface area contributed by atoms with Gasteiger partial charge in [0, 0.05) is 12.0 Å². The van der Waals surface area contributed by atoms with E-state index in [4.69, 9.17) is 0 Å². The van der Waals surface area contributed by atoms with Crippen LogP contribution in [0.4, 0.5) is 8.78 Å². The number of carbonyl (C=O) groups is 4. The first-order valence-electron chi connectivity index (χ1n) is 6.95. The van der Waals surface area contributed by atoms with E-state index in [9.17, 15) is 28.0 Å². The first-order valence-corrected chi connectivity index (χ1v) is 6.95. The van der Waals surface area contributed by atoms with Crippen molar-refractivity contribution in [2.24, 2.45) is 0 Å². The monoisotopic (exact) mass is 322 g/mol. The number of piperidine rings is 1. The summed E-state index contributed by atoms with van der Waals surface area (Å²) in [7, 11) is 0. The molecule has 0 saturated carbocycles. The van der Waals surface area contributed by atoms with Crippen molar-refractivity contribution in [3.05, 3.63) is 34.4 Å². The molecule has 0 aliphatic carbocycles. The van der Waals surface area contributed by atoms with Gasteiger partial charge < -0.3 is 0 Å². The average molecular weight is 322 g/mol. The predicted molar refractivity (Wildman–Crippen MR) is 72.8 cm³/mol. The van der Waals surface area contributed by atoms with E-state index < -0.39 is 41.7 Å². The fraction of sp³-hybridized carbons (Fsp3) is 0.333. The molecule has 2 aliphatic heterocycles. The van der Waals surface area contributed by atoms with E-state index in [1.54, 1.807) is 6.92 Å². The molecule has 0 spiro atoms. The smallest absolute Gasteiger partial charge is 0.264 e. The van der Waals surface area contributed by atoms with Crippen LogP contribution in [-0.2, 0) is 9.59 Å². The van der Waals surface area contributed by atoms with Gasteiger partial charge in [-0.25, -0.2) is 8.78 Å². The largest absolute Gasteiger partial charge is 0.295 e. The van der Waals surface area contributed by atoms with Crippen LogP contribution < -0.4 is 5.32 Å². The number of aryl methyl sites for hydroxylation is 1. The van der Waals surface area contributed by atoms with Gasteiger partial charge in [-0.15, -0.1) is 0 Å². The lowest BCUT2D eigenvalue weighted by Crippen LogP contribution is -2.54. The van der Waals surface area contributed by atoms with E-state index in [0.717, 1.165) is 6.07 Å². The summed E-state index contributed by atoms with van der Waals surface area (Å²) in [5.41, 5.74) is -0.589. The van der Waals surface area contributed by atoms with E-state index >= 15 is 0 Å². The summed E-state index contributed by atoms with van der Waals surface area (Å²) in [6, 6.07) is 1.35. The number of rotatable bonds is 2. The third kappa shape index (κ3) is 2.30. The van der Waals surface area contributed by atoms with Gasteiger partial charge in [0.15, 0.2) is 0 Å². The van der Waals surface area contributed by atoms with Crippen molar-refractivity contribution in [1.82, 2.24) is 10.2 Å². The summed E-state index contributed by atoms with van der Waals surface area (Å²) in [5, 5.41) is 2.05. The number of amides is 4. The number of hydrogen-bond donors (Lipinski definition) is 1. The first-order chi connectivity index (χ1) is 10.8. The molecule has 1 aromatic carbocycles. The molecule has 2 aliphatic rings. The quantitative estimate of drug-likeness (QED) is 0.833. The molecule has 6 nitrogen and oxygen atoms in total. The lowest BCUT2D eigenvalue weighted by molar-refractivity contribution is -0.136. The number of carbonyl (C=O) groups excluding carboxylic acids is 4. The SMILES string of the molecule is Cc1cc2c(c(C(F)F)c1)C(=O)N(C1CCC(=O)NC1=O)C2=O. The number of nitrogens with zero attached hydrogens (tertiary/aromatic N) is 1. The van der Waals surface area contributed by atoms with Crippen LogP contribution in [0.15, 0.2) is 12.1 Å². The predicted octanol–water partition coefficient (Wildman–Crippen LogP) is 1.33. The van der Waals surface area contributed by atoms with Gasteiger partial charge in [0.1, 0.15) is 6.04 Å². The van der Waals surface area contributed by atoms with E-state index in [0.29, 0.717) is 10.5 Å². The Hall–Kier alpha value is -2.64. The minimum Gasteiger partial charge on any atom is -0.295 e. The van der Waals surface area contributed by atoms with Gasteiger partial charge in [0.2, 0.25) is 11.8 Å². The van der Waals surface area contributed by atoms with Gasteiger partial charge in [0.05, 0.1) is 11.1 Å². The molecule has 8 heteroatoms. The zero-order chi connectivity index (χ0) is 16.9. The maximum absolute atomic E-state index is 13.2. The van der Waals surface area contributed by atoms with E-state index in [1.807, 2.05) is 0 Å². The summed E-state index contributed by atoms with van der Waals surface area (Å²) in [6.45, 7) is 1.54. The zero-order valence-corrected chi connectivity index (χ0v) is 12.1. The van der Waals surface area contributed by atoms with Crippen molar-refractivity contribution in [2.75, 3.05) is 0 Å².